The molecule has 0 radical (unpaired) electrons. The van der Waals surface area contributed by atoms with Crippen molar-refractivity contribution in [2.24, 2.45) is 11.8 Å². The molecular weight excluding hydrogens is 426 g/mol. The van der Waals surface area contributed by atoms with Gasteiger partial charge < -0.3 is 20.1 Å². The summed E-state index contributed by atoms with van der Waals surface area (Å²) in [7, 11) is 1.59. The van der Waals surface area contributed by atoms with Gasteiger partial charge in [-0.25, -0.2) is 0 Å². The van der Waals surface area contributed by atoms with Crippen LogP contribution in [0, 0.1) is 23.2 Å². The lowest BCUT2D eigenvalue weighted by Gasteiger charge is -2.21. The maximum Gasteiger partial charge on any atom is 0.159 e. The summed E-state index contributed by atoms with van der Waals surface area (Å²) < 4.78 is 5.22. The second kappa shape index (κ2) is 8.45. The van der Waals surface area contributed by atoms with Gasteiger partial charge in [0.05, 0.1) is 29.9 Å². The molecule has 2 N–H and O–H groups in total. The van der Waals surface area contributed by atoms with Gasteiger partial charge in [-0.3, -0.25) is 0 Å². The number of aliphatic hydroxyl groups excluding tert-OH is 1. The Morgan fingerprint density at radius 1 is 1.16 bits per heavy atom. The topological polar surface area (TPSA) is 94.3 Å². The van der Waals surface area contributed by atoms with Crippen LogP contribution in [0.15, 0.2) is 36.4 Å². The van der Waals surface area contributed by atoms with Crippen molar-refractivity contribution in [2.75, 3.05) is 30.4 Å². The van der Waals surface area contributed by atoms with Gasteiger partial charge in [-0.1, -0.05) is 17.7 Å². The van der Waals surface area contributed by atoms with E-state index in [9.17, 15) is 10.4 Å². The number of fused-ring (bicyclic) bond motifs is 2. The second-order valence-electron chi connectivity index (χ2n) is 8.62. The van der Waals surface area contributed by atoms with Crippen LogP contribution < -0.4 is 15.0 Å². The third-order valence-corrected chi connectivity index (χ3v) is 6.89. The quantitative estimate of drug-likeness (QED) is 0.608. The first-order valence-electron chi connectivity index (χ1n) is 10.8. The molecule has 8 heteroatoms. The number of nitriles is 1. The van der Waals surface area contributed by atoms with Gasteiger partial charge in [-0.2, -0.15) is 5.26 Å². The van der Waals surface area contributed by atoms with Crippen LogP contribution in [-0.2, 0) is 6.54 Å². The molecule has 1 aliphatic heterocycles. The maximum absolute atomic E-state index is 9.96. The summed E-state index contributed by atoms with van der Waals surface area (Å²) in [6.45, 7) is 2.26. The first-order chi connectivity index (χ1) is 15.6. The lowest BCUT2D eigenvalue weighted by Crippen LogP contribution is -2.24. The number of methoxy groups -OCH3 is 1. The zero-order valence-corrected chi connectivity index (χ0v) is 18.5. The zero-order valence-electron chi connectivity index (χ0n) is 17.8. The van der Waals surface area contributed by atoms with Crippen molar-refractivity contribution in [3.63, 3.8) is 0 Å². The van der Waals surface area contributed by atoms with Gasteiger partial charge in [-0.05, 0) is 60.6 Å². The van der Waals surface area contributed by atoms with E-state index >= 15 is 0 Å². The average molecular weight is 450 g/mol. The number of halogens is 1. The Morgan fingerprint density at radius 2 is 1.94 bits per heavy atom. The minimum Gasteiger partial charge on any atom is -0.495 e. The molecular formula is C24H24ClN5O2. The van der Waals surface area contributed by atoms with Crippen molar-refractivity contribution < 1.29 is 9.84 Å². The van der Waals surface area contributed by atoms with Crippen molar-refractivity contribution in [3.05, 3.63) is 52.5 Å². The van der Waals surface area contributed by atoms with Crippen LogP contribution in [0.2, 0.25) is 5.02 Å². The summed E-state index contributed by atoms with van der Waals surface area (Å²) >= 11 is 6.25. The number of nitrogens with zero attached hydrogens (tertiary/aromatic N) is 4. The predicted molar refractivity (Wildman–Crippen MR) is 124 cm³/mol. The standard InChI is InChI=1S/C24H24ClN5O2/c1-32-22-5-3-15(7-21(22)25)11-27-23-20-6-14(10-26)2-4-19(20)24(29-28-23)30-12-16-8-18(31)9-17(16)13-30/h2-7,16-18,31H,8-9,11-13H2,1H3,(H,27,28). The third-order valence-electron chi connectivity index (χ3n) is 6.59. The van der Waals surface area contributed by atoms with Crippen molar-refractivity contribution in [1.29, 1.82) is 5.26 Å². The summed E-state index contributed by atoms with van der Waals surface area (Å²) in [4.78, 5) is 2.27. The van der Waals surface area contributed by atoms with E-state index in [0.29, 0.717) is 40.5 Å². The Hall–Kier alpha value is -3.08. The average Bonchev–Trinajstić information content (AvgIpc) is 3.34. The molecule has 0 spiro atoms. The first kappa shape index (κ1) is 20.8. The number of hydrogen-bond donors (Lipinski definition) is 2. The Bertz CT molecular complexity index is 1200. The van der Waals surface area contributed by atoms with Crippen LogP contribution >= 0.6 is 11.6 Å². The molecule has 5 rings (SSSR count). The predicted octanol–water partition coefficient (Wildman–Crippen LogP) is 3.98. The van der Waals surface area contributed by atoms with Gasteiger partial charge in [0.15, 0.2) is 11.6 Å². The van der Waals surface area contributed by atoms with Crippen molar-refractivity contribution in [1.82, 2.24) is 10.2 Å². The number of nitrogens with one attached hydrogen (secondary N) is 1. The smallest absolute Gasteiger partial charge is 0.159 e. The normalized spacial score (nSPS) is 22.1. The molecule has 32 heavy (non-hydrogen) atoms. The van der Waals surface area contributed by atoms with Crippen LogP contribution in [0.25, 0.3) is 10.8 Å². The number of aliphatic hydroxyl groups is 1. The summed E-state index contributed by atoms with van der Waals surface area (Å²) in [5.41, 5.74) is 1.56. The van der Waals surface area contributed by atoms with Crippen LogP contribution in [0.4, 0.5) is 11.6 Å². The number of ether oxygens (including phenoxy) is 1. The largest absolute Gasteiger partial charge is 0.495 e. The molecule has 3 aromatic rings. The van der Waals surface area contributed by atoms with E-state index in [-0.39, 0.29) is 6.10 Å². The number of benzene rings is 2. The van der Waals surface area contributed by atoms with Gasteiger partial charge >= 0.3 is 0 Å². The fourth-order valence-corrected chi connectivity index (χ4v) is 5.30. The lowest BCUT2D eigenvalue weighted by atomic mass is 10.0. The van der Waals surface area contributed by atoms with E-state index in [4.69, 9.17) is 16.3 Å². The van der Waals surface area contributed by atoms with Crippen LogP contribution in [0.1, 0.15) is 24.0 Å². The van der Waals surface area contributed by atoms with E-state index in [1.165, 1.54) is 0 Å². The van der Waals surface area contributed by atoms with Crippen molar-refractivity contribution in [2.45, 2.75) is 25.5 Å². The number of anilines is 2. The fraction of sp³-hybridized carbons (Fsp3) is 0.375. The van der Waals surface area contributed by atoms with Gasteiger partial charge in [0.2, 0.25) is 0 Å². The Labute approximate surface area is 191 Å². The number of aromatic nitrogens is 2. The molecule has 1 saturated carbocycles. The highest BCUT2D eigenvalue weighted by molar-refractivity contribution is 6.32. The Morgan fingerprint density at radius 3 is 2.62 bits per heavy atom. The molecule has 2 heterocycles. The highest BCUT2D eigenvalue weighted by Crippen LogP contribution is 2.41. The summed E-state index contributed by atoms with van der Waals surface area (Å²) in [5, 5.41) is 34.2. The summed E-state index contributed by atoms with van der Waals surface area (Å²) in [6.07, 6.45) is 1.54. The minimum absolute atomic E-state index is 0.175. The second-order valence-corrected chi connectivity index (χ2v) is 9.02. The van der Waals surface area contributed by atoms with Crippen molar-refractivity contribution >= 4 is 34.0 Å². The molecule has 1 saturated heterocycles. The zero-order chi connectivity index (χ0) is 22.2. The van der Waals surface area contributed by atoms with E-state index < -0.39 is 0 Å². The Balaban J connectivity index is 1.44. The number of rotatable bonds is 5. The van der Waals surface area contributed by atoms with Gasteiger partial charge in [0.25, 0.3) is 0 Å². The molecule has 2 aliphatic rings. The highest BCUT2D eigenvalue weighted by atomic mass is 35.5. The Kier molecular flexibility index (Phi) is 5.50. The SMILES string of the molecule is COc1ccc(CNc2nnc(N3CC4CC(O)CC4C3)c3ccc(C#N)cc23)cc1Cl. The summed E-state index contributed by atoms with van der Waals surface area (Å²) in [6, 6.07) is 13.5. The molecule has 0 bridgehead atoms. The molecule has 2 unspecified atom stereocenters. The first-order valence-corrected chi connectivity index (χ1v) is 11.1. The molecule has 1 aliphatic carbocycles. The molecule has 1 aromatic heterocycles. The summed E-state index contributed by atoms with van der Waals surface area (Å²) in [5.74, 6) is 3.09. The monoisotopic (exact) mass is 449 g/mol. The fourth-order valence-electron chi connectivity index (χ4n) is 5.02. The molecule has 2 atom stereocenters. The maximum atomic E-state index is 9.96. The van der Waals surface area contributed by atoms with Gasteiger partial charge in [0.1, 0.15) is 5.75 Å². The molecule has 164 valence electrons. The van der Waals surface area contributed by atoms with Crippen LogP contribution in [-0.4, -0.2) is 41.6 Å². The minimum atomic E-state index is -0.175. The van der Waals surface area contributed by atoms with Crippen LogP contribution in [0.3, 0.4) is 0 Å². The van der Waals surface area contributed by atoms with Crippen molar-refractivity contribution in [3.8, 4) is 11.8 Å². The number of hydrogen-bond acceptors (Lipinski definition) is 7. The van der Waals surface area contributed by atoms with E-state index in [2.05, 4.69) is 26.5 Å². The van der Waals surface area contributed by atoms with Gasteiger partial charge in [0, 0.05) is 30.4 Å². The van der Waals surface area contributed by atoms with E-state index in [0.717, 1.165) is 48.1 Å². The van der Waals surface area contributed by atoms with Gasteiger partial charge in [-0.15, -0.1) is 10.2 Å². The van der Waals surface area contributed by atoms with Crippen LogP contribution in [0.5, 0.6) is 5.75 Å². The van der Waals surface area contributed by atoms with E-state index in [1.807, 2.05) is 36.4 Å². The molecule has 7 nitrogen and oxygen atoms in total. The molecule has 0 amide bonds. The molecule has 2 aromatic carbocycles. The lowest BCUT2D eigenvalue weighted by molar-refractivity contribution is 0.174. The van der Waals surface area contributed by atoms with E-state index in [1.54, 1.807) is 7.11 Å². The third kappa shape index (κ3) is 3.81. The molecule has 2 fully saturated rings. The highest BCUT2D eigenvalue weighted by Gasteiger charge is 2.41.